The third kappa shape index (κ3) is 2.30. The molecule has 2 aromatic heterocycles. The second-order valence-electron chi connectivity index (χ2n) is 5.91. The second kappa shape index (κ2) is 5.57. The number of halogens is 1. The van der Waals surface area contributed by atoms with Gasteiger partial charge < -0.3 is 9.30 Å². The maximum absolute atomic E-state index is 2.49. The summed E-state index contributed by atoms with van der Waals surface area (Å²) in [6, 6.07) is 21.7. The molecule has 4 rings (SSSR count). The lowest BCUT2D eigenvalue weighted by Crippen LogP contribution is -2.08. The first-order valence-electron chi connectivity index (χ1n) is 7.62. The molecule has 0 saturated carbocycles. The molecule has 0 radical (unpaired) electrons. The zero-order valence-corrected chi connectivity index (χ0v) is 15.3. The summed E-state index contributed by atoms with van der Waals surface area (Å²) in [6.45, 7) is 0. The standard InChI is InChI=1S/C20H17IN2/c1-22(2)15-11-9-14(10-12-15)19-18-8-5-13-23(18)17-7-4-3-6-16(17)20(19)21/h3-13H,1-2H3. The Labute approximate surface area is 149 Å². The van der Waals surface area contributed by atoms with Gasteiger partial charge in [0.25, 0.3) is 0 Å². The van der Waals surface area contributed by atoms with Crippen molar-refractivity contribution >= 4 is 44.7 Å². The Morgan fingerprint density at radius 2 is 1.52 bits per heavy atom. The van der Waals surface area contributed by atoms with E-state index >= 15 is 0 Å². The molecule has 0 unspecified atom stereocenters. The molecule has 3 heteroatoms. The van der Waals surface area contributed by atoms with Crippen LogP contribution in [-0.4, -0.2) is 18.5 Å². The highest BCUT2D eigenvalue weighted by Crippen LogP contribution is 2.36. The van der Waals surface area contributed by atoms with Crippen molar-refractivity contribution in [1.82, 2.24) is 4.40 Å². The normalized spacial score (nSPS) is 11.3. The molecule has 0 N–H and O–H groups in total. The van der Waals surface area contributed by atoms with Crippen molar-refractivity contribution in [2.45, 2.75) is 0 Å². The highest BCUT2D eigenvalue weighted by atomic mass is 127. The number of fused-ring (bicyclic) bond motifs is 3. The highest BCUT2D eigenvalue weighted by Gasteiger charge is 2.14. The lowest BCUT2D eigenvalue weighted by molar-refractivity contribution is 1.13. The maximum atomic E-state index is 2.49. The number of hydrogen-bond acceptors (Lipinski definition) is 1. The van der Waals surface area contributed by atoms with Crippen LogP contribution in [0, 0.1) is 3.57 Å². The summed E-state index contributed by atoms with van der Waals surface area (Å²) < 4.78 is 3.59. The summed E-state index contributed by atoms with van der Waals surface area (Å²) in [5.41, 5.74) is 6.29. The number of rotatable bonds is 2. The van der Waals surface area contributed by atoms with Crippen LogP contribution in [0.5, 0.6) is 0 Å². The van der Waals surface area contributed by atoms with Gasteiger partial charge in [-0.25, -0.2) is 0 Å². The third-order valence-electron chi connectivity index (χ3n) is 4.30. The summed E-state index contributed by atoms with van der Waals surface area (Å²) in [5, 5.41) is 1.29. The third-order valence-corrected chi connectivity index (χ3v) is 5.42. The van der Waals surface area contributed by atoms with E-state index in [0.29, 0.717) is 0 Å². The summed E-state index contributed by atoms with van der Waals surface area (Å²) >= 11 is 2.49. The topological polar surface area (TPSA) is 7.65 Å². The molecule has 0 fully saturated rings. The molecule has 2 nitrogen and oxygen atoms in total. The molecule has 0 spiro atoms. The lowest BCUT2D eigenvalue weighted by atomic mass is 10.0. The van der Waals surface area contributed by atoms with Crippen molar-refractivity contribution in [1.29, 1.82) is 0 Å². The van der Waals surface area contributed by atoms with Crippen LogP contribution < -0.4 is 4.90 Å². The van der Waals surface area contributed by atoms with Gasteiger partial charge in [0.15, 0.2) is 0 Å². The largest absolute Gasteiger partial charge is 0.378 e. The fourth-order valence-corrected chi connectivity index (χ4v) is 4.16. The fraction of sp³-hybridized carbons (Fsp3) is 0.100. The zero-order chi connectivity index (χ0) is 16.0. The predicted octanol–water partition coefficient (Wildman–Crippen LogP) is 5.43. The number of benzene rings is 2. The SMILES string of the molecule is CN(C)c1ccc(-c2c(I)c3ccccc3n3cccc23)cc1. The molecule has 0 aliphatic carbocycles. The summed E-state index contributed by atoms with van der Waals surface area (Å²) in [7, 11) is 4.14. The van der Waals surface area contributed by atoms with Crippen LogP contribution >= 0.6 is 22.6 Å². The van der Waals surface area contributed by atoms with Crippen LogP contribution in [-0.2, 0) is 0 Å². The van der Waals surface area contributed by atoms with E-state index in [-0.39, 0.29) is 0 Å². The Morgan fingerprint density at radius 3 is 2.26 bits per heavy atom. The molecule has 23 heavy (non-hydrogen) atoms. The first-order valence-corrected chi connectivity index (χ1v) is 8.70. The minimum atomic E-state index is 1.22. The van der Waals surface area contributed by atoms with Crippen LogP contribution in [0.2, 0.25) is 0 Å². The molecule has 0 amide bonds. The number of aromatic nitrogens is 1. The number of hydrogen-bond donors (Lipinski definition) is 0. The summed E-state index contributed by atoms with van der Waals surface area (Å²) in [4.78, 5) is 2.13. The van der Waals surface area contributed by atoms with Crippen LogP contribution in [0.25, 0.3) is 27.5 Å². The van der Waals surface area contributed by atoms with E-state index in [0.717, 1.165) is 0 Å². The molecule has 0 aliphatic rings. The van der Waals surface area contributed by atoms with Crippen molar-refractivity contribution in [3.05, 3.63) is 70.4 Å². The van der Waals surface area contributed by atoms with Gasteiger partial charge in [-0.2, -0.15) is 0 Å². The molecule has 0 saturated heterocycles. The van der Waals surface area contributed by atoms with Gasteiger partial charge in [0.2, 0.25) is 0 Å². The van der Waals surface area contributed by atoms with Gasteiger partial charge in [0.05, 0.1) is 11.0 Å². The molecule has 114 valence electrons. The van der Waals surface area contributed by atoms with E-state index in [2.05, 4.69) is 113 Å². The van der Waals surface area contributed by atoms with Gasteiger partial charge in [-0.15, -0.1) is 0 Å². The number of pyridine rings is 1. The smallest absolute Gasteiger partial charge is 0.0545 e. The summed E-state index contributed by atoms with van der Waals surface area (Å²) in [5.74, 6) is 0. The Hall–Kier alpha value is -2.01. The average molecular weight is 412 g/mol. The van der Waals surface area contributed by atoms with Crippen molar-refractivity contribution in [3.8, 4) is 11.1 Å². The van der Waals surface area contributed by atoms with Gasteiger partial charge in [-0.05, 0) is 58.5 Å². The van der Waals surface area contributed by atoms with E-state index in [1.165, 1.54) is 36.8 Å². The van der Waals surface area contributed by atoms with Gasteiger partial charge in [-0.1, -0.05) is 30.3 Å². The first kappa shape index (κ1) is 14.6. The maximum Gasteiger partial charge on any atom is 0.0545 e. The minimum absolute atomic E-state index is 1.22. The molecule has 0 atom stereocenters. The predicted molar refractivity (Wildman–Crippen MR) is 107 cm³/mol. The molecule has 2 heterocycles. The van der Waals surface area contributed by atoms with Crippen LogP contribution in [0.15, 0.2) is 66.9 Å². The molecule has 4 aromatic rings. The van der Waals surface area contributed by atoms with E-state index in [4.69, 9.17) is 0 Å². The Kier molecular flexibility index (Phi) is 3.53. The van der Waals surface area contributed by atoms with Crippen LogP contribution in [0.4, 0.5) is 5.69 Å². The highest BCUT2D eigenvalue weighted by molar-refractivity contribution is 14.1. The molecular formula is C20H17IN2. The molecule has 0 bridgehead atoms. The molecular weight excluding hydrogens is 395 g/mol. The van der Waals surface area contributed by atoms with Crippen LogP contribution in [0.1, 0.15) is 0 Å². The Balaban J connectivity index is 2.05. The van der Waals surface area contributed by atoms with Gasteiger partial charge in [-0.3, -0.25) is 0 Å². The Morgan fingerprint density at radius 1 is 0.826 bits per heavy atom. The van der Waals surface area contributed by atoms with E-state index < -0.39 is 0 Å². The number of anilines is 1. The summed E-state index contributed by atoms with van der Waals surface area (Å²) in [6.07, 6.45) is 2.14. The monoisotopic (exact) mass is 412 g/mol. The quantitative estimate of drug-likeness (QED) is 0.399. The Bertz CT molecular complexity index is 997. The zero-order valence-electron chi connectivity index (χ0n) is 13.1. The van der Waals surface area contributed by atoms with E-state index in [9.17, 15) is 0 Å². The number of para-hydroxylation sites is 1. The minimum Gasteiger partial charge on any atom is -0.378 e. The van der Waals surface area contributed by atoms with E-state index in [1.54, 1.807) is 0 Å². The van der Waals surface area contributed by atoms with Crippen molar-refractivity contribution in [2.75, 3.05) is 19.0 Å². The molecule has 2 aromatic carbocycles. The van der Waals surface area contributed by atoms with Gasteiger partial charge >= 0.3 is 0 Å². The van der Waals surface area contributed by atoms with E-state index in [1.807, 2.05) is 0 Å². The van der Waals surface area contributed by atoms with Crippen LogP contribution in [0.3, 0.4) is 0 Å². The molecule has 0 aliphatic heterocycles. The fourth-order valence-electron chi connectivity index (χ4n) is 3.11. The number of nitrogens with zero attached hydrogens (tertiary/aromatic N) is 2. The van der Waals surface area contributed by atoms with Crippen molar-refractivity contribution < 1.29 is 0 Å². The van der Waals surface area contributed by atoms with Crippen molar-refractivity contribution in [2.24, 2.45) is 0 Å². The second-order valence-corrected chi connectivity index (χ2v) is 6.99. The average Bonchev–Trinajstić information content (AvgIpc) is 3.05. The van der Waals surface area contributed by atoms with Crippen molar-refractivity contribution in [3.63, 3.8) is 0 Å². The lowest BCUT2D eigenvalue weighted by Gasteiger charge is -2.15. The van der Waals surface area contributed by atoms with Gasteiger partial charge in [0, 0.05) is 40.5 Å². The first-order chi connectivity index (χ1) is 11.2. The van der Waals surface area contributed by atoms with Gasteiger partial charge in [0.1, 0.15) is 0 Å².